The second-order valence-electron chi connectivity index (χ2n) is 30.4. The van der Waals surface area contributed by atoms with Crippen molar-refractivity contribution in [1.29, 1.82) is 0 Å². The van der Waals surface area contributed by atoms with Crippen LogP contribution >= 0.6 is 27.5 Å². The number of nitrogens with zero attached hydrogens (tertiary/aromatic N) is 17. The minimum absolute atomic E-state index is 0.125. The Hall–Kier alpha value is -7.27. The number of carbonyl (C=O) groups is 3. The van der Waals surface area contributed by atoms with Crippen molar-refractivity contribution in [1.82, 2.24) is 68.8 Å². The number of hydrogen-bond acceptors (Lipinski definition) is 21. The predicted octanol–water partition coefficient (Wildman–Crippen LogP) is 16.9. The van der Waals surface area contributed by atoms with Crippen molar-refractivity contribution in [2.75, 3.05) is 115 Å². The number of fused-ring (bicyclic) bond motifs is 2. The summed E-state index contributed by atoms with van der Waals surface area (Å²) in [4.78, 5) is 85.5. The van der Waals surface area contributed by atoms with E-state index in [0.717, 1.165) is 159 Å². The van der Waals surface area contributed by atoms with Crippen molar-refractivity contribution in [2.45, 2.75) is 210 Å². The summed E-state index contributed by atoms with van der Waals surface area (Å²) in [6, 6.07) is 24.5. The maximum Gasteiger partial charge on any atom is 0.164 e. The molecule has 23 nitrogen and oxygen atoms in total. The number of rotatable bonds is 40. The van der Waals surface area contributed by atoms with Crippen molar-refractivity contribution in [2.24, 2.45) is 0 Å². The maximum absolute atomic E-state index is 13.6. The molecule has 3 aliphatic rings. The molecular formula is C88H125BrClN17O6Sn. The van der Waals surface area contributed by atoms with Crippen LogP contribution in [0.3, 0.4) is 0 Å². The van der Waals surface area contributed by atoms with E-state index in [0.29, 0.717) is 70.8 Å². The zero-order valence-electron chi connectivity index (χ0n) is 70.4. The van der Waals surface area contributed by atoms with Crippen LogP contribution in [0.5, 0.6) is 0 Å². The number of pyridine rings is 5. The number of aromatic nitrogens is 11. The molecule has 12 heterocycles. The molecule has 3 atom stereocenters. The molecule has 616 valence electrons. The number of unbranched alkanes of at least 4 members (excludes halogenated alkanes) is 3. The van der Waals surface area contributed by atoms with E-state index in [4.69, 9.17) is 40.8 Å². The van der Waals surface area contributed by atoms with E-state index < -0.39 is 18.4 Å². The number of halogens is 2. The van der Waals surface area contributed by atoms with Crippen molar-refractivity contribution in [3.05, 3.63) is 149 Å². The van der Waals surface area contributed by atoms with Crippen LogP contribution in [0.15, 0.2) is 127 Å². The van der Waals surface area contributed by atoms with Crippen LogP contribution in [0, 0.1) is 0 Å². The Morgan fingerprint density at radius 1 is 0.474 bits per heavy atom. The standard InChI is InChI=1S/C29H35N7O2.C18H28ClN3O2.C18H28N3O2.C11H7BrN4.3C4H9.Sn/c1-5-34(6-2)20(3)7-8-27(37)22-15-26(32-28(16-22)35-18-23(19-35)38-4)24-17-31-36-14-11-25(33-29(24)36)21-9-12-30-13-10-21;1-5-21(6-2)13(3)7-8-16(23)14-9-17(19)20-18(10-14)22-11-15(12-22)24-4;1-5-20(6-2)14(3)7-8-17(22)15-9-10-19-18(11-15)21-12-16(13-21)23-4;12-9-7-14-16-6-3-10(15-11(9)16)8-1-4-13-5-2-8;3*1-3-4-2;/h9-17,20,23H,5-8,18-19H2,1-4H3;9-10,13,15H,5-8,11-12H2,1-4H3;9,11,14,16H,5-8,12-13H2,1-4H3;1-7H;3*1,3-4H2,2H3;/t20-;13-;14-;;;;;/m000...../s1. The molecule has 26 heteroatoms. The largest absolute Gasteiger partial charge is 0.378 e. The predicted molar refractivity (Wildman–Crippen MR) is 468 cm³/mol. The average Bonchev–Trinajstić information content (AvgIpc) is 1.21. The van der Waals surface area contributed by atoms with Gasteiger partial charge in [-0.25, -0.2) is 29.0 Å². The summed E-state index contributed by atoms with van der Waals surface area (Å²) in [5, 5.41) is 9.03. The van der Waals surface area contributed by atoms with Gasteiger partial charge in [0.05, 0.1) is 51.7 Å². The Labute approximate surface area is 695 Å². The molecule has 0 bridgehead atoms. The van der Waals surface area contributed by atoms with Gasteiger partial charge in [-0.3, -0.25) is 19.6 Å². The second-order valence-corrected chi connectivity index (χ2v) is 44.7. The fourth-order valence-electron chi connectivity index (χ4n) is 15.3. The summed E-state index contributed by atoms with van der Waals surface area (Å²) in [5.74, 6) is 3.11. The molecule has 0 radical (unpaired) electrons. The monoisotopic (exact) mass is 1750 g/mol. The number of methoxy groups -OCH3 is 3. The molecule has 114 heavy (non-hydrogen) atoms. The van der Waals surface area contributed by atoms with E-state index >= 15 is 0 Å². The molecule has 3 aliphatic heterocycles. The van der Waals surface area contributed by atoms with E-state index in [1.807, 2.05) is 67.0 Å². The Kier molecular flexibility index (Phi) is 36.1. The summed E-state index contributed by atoms with van der Waals surface area (Å²) >= 11 is 6.77. The van der Waals surface area contributed by atoms with E-state index in [1.54, 1.807) is 73.6 Å². The smallest absolute Gasteiger partial charge is 0.164 e. The Balaban J connectivity index is 0.000000182. The van der Waals surface area contributed by atoms with Gasteiger partial charge in [0.1, 0.15) is 16.8 Å². The van der Waals surface area contributed by atoms with Crippen LogP contribution in [0.25, 0.3) is 45.1 Å². The third-order valence-corrected chi connectivity index (χ3v) is 38.9. The molecule has 9 aromatic rings. The maximum atomic E-state index is 13.6. The van der Waals surface area contributed by atoms with Crippen LogP contribution in [0.1, 0.15) is 191 Å². The zero-order valence-corrected chi connectivity index (χ0v) is 75.6. The van der Waals surface area contributed by atoms with Gasteiger partial charge in [-0.05, 0) is 129 Å². The first kappa shape index (κ1) is 90.6. The van der Waals surface area contributed by atoms with Gasteiger partial charge in [-0.1, -0.05) is 39.3 Å². The van der Waals surface area contributed by atoms with Crippen LogP contribution in [0.2, 0.25) is 18.5 Å². The molecule has 3 saturated heterocycles. The molecule has 0 aromatic carbocycles. The molecule has 0 unspecified atom stereocenters. The fraction of sp³-hybridized carbons (Fsp3) is 0.545. The first-order chi connectivity index (χ1) is 55.2. The van der Waals surface area contributed by atoms with Gasteiger partial charge in [0.25, 0.3) is 0 Å². The molecule has 9 aromatic heterocycles. The number of hydrogen-bond donors (Lipinski definition) is 0. The van der Waals surface area contributed by atoms with Crippen molar-refractivity contribution in [3.63, 3.8) is 0 Å². The van der Waals surface area contributed by atoms with Gasteiger partial charge in [0.15, 0.2) is 22.9 Å². The normalized spacial score (nSPS) is 14.7. The van der Waals surface area contributed by atoms with Crippen molar-refractivity contribution in [3.8, 4) is 33.8 Å². The third kappa shape index (κ3) is 24.4. The van der Waals surface area contributed by atoms with Gasteiger partial charge >= 0.3 is 227 Å². The van der Waals surface area contributed by atoms with E-state index in [2.05, 4.69) is 171 Å². The SMILES string of the molecule is Brc1cnn2ccc(-c3ccncc3)nc12.CCC[CH2][Sn]([CH2]CCC)([CH2]CCC)[c]1cc(C(=O)CC[C@H](C)N(CC)CC)cc(N2CC(OC)C2)n1.CCN(CC)[C@@H](C)CCC(=O)c1cc(-c2cnn3ccc(-c4ccncc4)nc23)nc(N2CC(OC)C2)c1.CCN(CC)[C@@H](C)CCC(=O)c1cc(Cl)nc(N2CC(OC)C2)c1. The molecule has 12 rings (SSSR count). The summed E-state index contributed by atoms with van der Waals surface area (Å²) in [5.41, 5.74) is 8.97. The molecule has 0 saturated carbocycles. The second kappa shape index (κ2) is 45.5. The fourth-order valence-corrected chi connectivity index (χ4v) is 31.4. The van der Waals surface area contributed by atoms with Gasteiger partial charge in [0, 0.05) is 125 Å². The van der Waals surface area contributed by atoms with Crippen molar-refractivity contribution >= 4 is 95.7 Å². The number of carbonyl (C=O) groups excluding carboxylic acids is 3. The molecule has 0 spiro atoms. The number of Topliss-reactive ketones (excluding diaryl/α,β-unsaturated/α-hetero) is 3. The number of anilines is 3. The minimum Gasteiger partial charge on any atom is -0.378 e. The van der Waals surface area contributed by atoms with Gasteiger partial charge in [-0.15, -0.1) is 0 Å². The summed E-state index contributed by atoms with van der Waals surface area (Å²) < 4.78 is 26.2. The van der Waals surface area contributed by atoms with Crippen LogP contribution in [-0.4, -0.2) is 241 Å². The molecule has 3 fully saturated rings. The summed E-state index contributed by atoms with van der Waals surface area (Å²) in [6.07, 6.45) is 26.8. The van der Waals surface area contributed by atoms with E-state index in [9.17, 15) is 14.4 Å². The van der Waals surface area contributed by atoms with Crippen molar-refractivity contribution < 1.29 is 28.6 Å². The van der Waals surface area contributed by atoms with Crippen LogP contribution in [-0.2, 0) is 14.2 Å². The van der Waals surface area contributed by atoms with Crippen LogP contribution < -0.4 is 18.4 Å². The van der Waals surface area contributed by atoms with Crippen LogP contribution in [0.4, 0.5) is 17.5 Å². The first-order valence-electron chi connectivity index (χ1n) is 41.7. The molecule has 0 amide bonds. The molecule has 0 N–H and O–H groups in total. The Bertz CT molecular complexity index is 4430. The minimum atomic E-state index is -2.76. The van der Waals surface area contributed by atoms with E-state index in [1.165, 1.54) is 55.5 Å². The van der Waals surface area contributed by atoms with Gasteiger partial charge in [0.2, 0.25) is 0 Å². The third-order valence-electron chi connectivity index (χ3n) is 23.1. The Morgan fingerprint density at radius 2 is 0.842 bits per heavy atom. The Morgan fingerprint density at radius 3 is 1.25 bits per heavy atom. The van der Waals surface area contributed by atoms with Gasteiger partial charge in [-0.2, -0.15) is 10.2 Å². The number of ketones is 3. The molecule has 0 aliphatic carbocycles. The van der Waals surface area contributed by atoms with Gasteiger partial charge < -0.3 is 29.1 Å². The summed E-state index contributed by atoms with van der Waals surface area (Å²) in [6.45, 7) is 37.5. The first-order valence-corrected chi connectivity index (χ1v) is 50.4. The zero-order chi connectivity index (χ0) is 81.8. The summed E-state index contributed by atoms with van der Waals surface area (Å²) in [7, 11) is 5.22. The number of ether oxygens (including phenoxy) is 3. The average molecular weight is 1750 g/mol. The van der Waals surface area contributed by atoms with E-state index in [-0.39, 0.29) is 29.9 Å². The molecular weight excluding hydrogens is 1630 g/mol. The quantitative estimate of drug-likeness (QED) is 0.0198. The topological polar surface area (TPSA) is 223 Å².